The van der Waals surface area contributed by atoms with Gasteiger partial charge >= 0.3 is 0 Å². The summed E-state index contributed by atoms with van der Waals surface area (Å²) in [4.78, 5) is 22.2. The predicted octanol–water partition coefficient (Wildman–Crippen LogP) is 3.63. The molecule has 0 aliphatic heterocycles. The molecule has 1 amide bonds. The fourth-order valence-electron chi connectivity index (χ4n) is 2.38. The molecule has 0 aliphatic carbocycles. The summed E-state index contributed by atoms with van der Waals surface area (Å²) in [5.74, 6) is -0.345. The van der Waals surface area contributed by atoms with Crippen molar-refractivity contribution in [3.05, 3.63) is 93.9 Å². The average molecular weight is 366 g/mol. The van der Waals surface area contributed by atoms with Gasteiger partial charge in [0.05, 0.1) is 11.5 Å². The van der Waals surface area contributed by atoms with Crippen molar-refractivity contribution in [1.82, 2.24) is 9.78 Å². The number of halogens is 1. The van der Waals surface area contributed by atoms with Crippen molar-refractivity contribution < 1.29 is 14.1 Å². The molecule has 0 saturated carbocycles. The van der Waals surface area contributed by atoms with Gasteiger partial charge in [-0.3, -0.25) is 19.6 Å². The standard InChI is InChI=1S/C19H15FN4O3/c20-16-7-4-15(5-8-16)13-23-11-10-18(22-23)21-19(25)9-6-14-2-1-3-17(12-14)24(26)27/h1-12H,13H2,(H,21,22,25)/b9-6+. The number of carbonyl (C=O) groups excluding carboxylic acids is 1. The molecule has 2 aromatic carbocycles. The molecular weight excluding hydrogens is 351 g/mol. The van der Waals surface area contributed by atoms with Gasteiger partial charge in [-0.25, -0.2) is 4.39 Å². The van der Waals surface area contributed by atoms with Gasteiger partial charge in [-0.2, -0.15) is 5.10 Å². The summed E-state index contributed by atoms with van der Waals surface area (Å²) in [6.45, 7) is 0.444. The van der Waals surface area contributed by atoms with E-state index in [0.717, 1.165) is 5.56 Å². The van der Waals surface area contributed by atoms with Crippen LogP contribution in [0.5, 0.6) is 0 Å². The first-order valence-corrected chi connectivity index (χ1v) is 8.01. The largest absolute Gasteiger partial charge is 0.306 e. The lowest BCUT2D eigenvalue weighted by Gasteiger charge is -2.02. The van der Waals surface area contributed by atoms with E-state index in [1.165, 1.54) is 36.4 Å². The number of carbonyl (C=O) groups is 1. The molecule has 1 N–H and O–H groups in total. The monoisotopic (exact) mass is 366 g/mol. The third kappa shape index (κ3) is 5.08. The summed E-state index contributed by atoms with van der Waals surface area (Å²) in [5.41, 5.74) is 1.38. The van der Waals surface area contributed by atoms with E-state index in [-0.39, 0.29) is 11.5 Å². The number of non-ortho nitro benzene ring substituents is 1. The van der Waals surface area contributed by atoms with E-state index >= 15 is 0 Å². The number of nitro benzene ring substituents is 1. The molecule has 0 radical (unpaired) electrons. The van der Waals surface area contributed by atoms with Crippen LogP contribution in [0, 0.1) is 15.9 Å². The zero-order valence-corrected chi connectivity index (χ0v) is 14.1. The van der Waals surface area contributed by atoms with E-state index in [9.17, 15) is 19.3 Å². The molecular formula is C19H15FN4O3. The second kappa shape index (κ2) is 8.05. The van der Waals surface area contributed by atoms with Crippen molar-refractivity contribution in [2.45, 2.75) is 6.54 Å². The molecule has 0 unspecified atom stereocenters. The molecule has 3 aromatic rings. The number of nitrogens with one attached hydrogen (secondary N) is 1. The van der Waals surface area contributed by atoms with Gasteiger partial charge in [0.25, 0.3) is 5.69 Å². The van der Waals surface area contributed by atoms with E-state index < -0.39 is 10.8 Å². The molecule has 0 atom stereocenters. The molecule has 136 valence electrons. The van der Waals surface area contributed by atoms with Crippen LogP contribution in [0.4, 0.5) is 15.9 Å². The van der Waals surface area contributed by atoms with Gasteiger partial charge in [0.2, 0.25) is 5.91 Å². The smallest absolute Gasteiger partial charge is 0.270 e. The minimum absolute atomic E-state index is 0.0444. The van der Waals surface area contributed by atoms with Gasteiger partial charge < -0.3 is 5.32 Å². The predicted molar refractivity (Wildman–Crippen MR) is 98.5 cm³/mol. The minimum atomic E-state index is -0.495. The number of benzene rings is 2. The van der Waals surface area contributed by atoms with Gasteiger partial charge in [-0.15, -0.1) is 0 Å². The van der Waals surface area contributed by atoms with Gasteiger partial charge in [-0.05, 0) is 29.3 Å². The Labute approximate surface area is 153 Å². The Morgan fingerprint density at radius 2 is 2.00 bits per heavy atom. The van der Waals surface area contributed by atoms with Crippen molar-refractivity contribution in [1.29, 1.82) is 0 Å². The van der Waals surface area contributed by atoms with Gasteiger partial charge in [0.15, 0.2) is 5.82 Å². The SMILES string of the molecule is O=C(/C=C/c1cccc([N+](=O)[O-])c1)Nc1ccn(Cc2ccc(F)cc2)n1. The Bertz CT molecular complexity index is 996. The van der Waals surface area contributed by atoms with Gasteiger partial charge in [-0.1, -0.05) is 24.3 Å². The minimum Gasteiger partial charge on any atom is -0.306 e. The summed E-state index contributed by atoms with van der Waals surface area (Å²) in [6, 6.07) is 13.7. The van der Waals surface area contributed by atoms with E-state index in [4.69, 9.17) is 0 Å². The first-order valence-electron chi connectivity index (χ1n) is 8.01. The van der Waals surface area contributed by atoms with Crippen LogP contribution in [0.1, 0.15) is 11.1 Å². The molecule has 7 nitrogen and oxygen atoms in total. The molecule has 0 spiro atoms. The number of nitrogens with zero attached hydrogens (tertiary/aromatic N) is 3. The summed E-state index contributed by atoms with van der Waals surface area (Å²) in [6.07, 6.45) is 4.46. The molecule has 1 aromatic heterocycles. The Balaban J connectivity index is 1.59. The maximum absolute atomic E-state index is 12.9. The second-order valence-electron chi connectivity index (χ2n) is 5.70. The Kier molecular flexibility index (Phi) is 5.36. The van der Waals surface area contributed by atoms with Crippen LogP contribution in [0.2, 0.25) is 0 Å². The van der Waals surface area contributed by atoms with Crippen molar-refractivity contribution in [2.75, 3.05) is 5.32 Å². The molecule has 0 saturated heterocycles. The lowest BCUT2D eigenvalue weighted by Crippen LogP contribution is -2.09. The number of hydrogen-bond donors (Lipinski definition) is 1. The maximum Gasteiger partial charge on any atom is 0.270 e. The highest BCUT2D eigenvalue weighted by Gasteiger charge is 2.05. The quantitative estimate of drug-likeness (QED) is 0.410. The highest BCUT2D eigenvalue weighted by Crippen LogP contribution is 2.14. The summed E-state index contributed by atoms with van der Waals surface area (Å²) in [7, 11) is 0. The van der Waals surface area contributed by atoms with Crippen LogP contribution in [-0.2, 0) is 11.3 Å². The molecule has 27 heavy (non-hydrogen) atoms. The van der Waals surface area contributed by atoms with Crippen LogP contribution in [0.25, 0.3) is 6.08 Å². The Morgan fingerprint density at radius 3 is 2.74 bits per heavy atom. The van der Waals surface area contributed by atoms with Gasteiger partial charge in [0.1, 0.15) is 5.82 Å². The summed E-state index contributed by atoms with van der Waals surface area (Å²) < 4.78 is 14.5. The van der Waals surface area contributed by atoms with Crippen LogP contribution >= 0.6 is 0 Å². The van der Waals surface area contributed by atoms with E-state index in [0.29, 0.717) is 17.9 Å². The van der Waals surface area contributed by atoms with E-state index in [1.807, 2.05) is 0 Å². The Morgan fingerprint density at radius 1 is 1.22 bits per heavy atom. The summed E-state index contributed by atoms with van der Waals surface area (Å²) >= 11 is 0. The lowest BCUT2D eigenvalue weighted by atomic mass is 10.2. The van der Waals surface area contributed by atoms with Crippen molar-refractivity contribution in [3.8, 4) is 0 Å². The molecule has 1 heterocycles. The third-order valence-corrected chi connectivity index (χ3v) is 3.66. The Hall–Kier alpha value is -3.81. The van der Waals surface area contributed by atoms with Crippen molar-refractivity contribution >= 4 is 23.5 Å². The number of amides is 1. The fraction of sp³-hybridized carbons (Fsp3) is 0.0526. The van der Waals surface area contributed by atoms with Crippen LogP contribution < -0.4 is 5.32 Å². The highest BCUT2D eigenvalue weighted by atomic mass is 19.1. The molecule has 0 aliphatic rings. The first kappa shape index (κ1) is 18.0. The van der Waals surface area contributed by atoms with Gasteiger partial charge in [0, 0.05) is 30.5 Å². The first-order chi connectivity index (χ1) is 13.0. The van der Waals surface area contributed by atoms with Crippen LogP contribution in [0.3, 0.4) is 0 Å². The van der Waals surface area contributed by atoms with Crippen LogP contribution in [-0.4, -0.2) is 20.6 Å². The average Bonchev–Trinajstić information content (AvgIpc) is 3.09. The molecule has 0 bridgehead atoms. The zero-order valence-electron chi connectivity index (χ0n) is 14.1. The lowest BCUT2D eigenvalue weighted by molar-refractivity contribution is -0.384. The third-order valence-electron chi connectivity index (χ3n) is 3.66. The van der Waals surface area contributed by atoms with Crippen molar-refractivity contribution in [2.24, 2.45) is 0 Å². The maximum atomic E-state index is 12.9. The number of rotatable bonds is 6. The molecule has 3 rings (SSSR count). The molecule has 8 heteroatoms. The number of anilines is 1. The van der Waals surface area contributed by atoms with Crippen molar-refractivity contribution in [3.63, 3.8) is 0 Å². The molecule has 0 fully saturated rings. The number of nitro groups is 1. The number of hydrogen-bond acceptors (Lipinski definition) is 4. The fourth-order valence-corrected chi connectivity index (χ4v) is 2.38. The second-order valence-corrected chi connectivity index (χ2v) is 5.70. The van der Waals surface area contributed by atoms with E-state index in [2.05, 4.69) is 10.4 Å². The zero-order chi connectivity index (χ0) is 19.2. The van der Waals surface area contributed by atoms with E-state index in [1.54, 1.807) is 41.2 Å². The van der Waals surface area contributed by atoms with Crippen LogP contribution in [0.15, 0.2) is 66.9 Å². The summed E-state index contributed by atoms with van der Waals surface area (Å²) in [5, 5.41) is 17.6. The number of aromatic nitrogens is 2. The normalized spacial score (nSPS) is 10.9. The highest BCUT2D eigenvalue weighted by molar-refractivity contribution is 6.01. The topological polar surface area (TPSA) is 90.1 Å².